The van der Waals surface area contributed by atoms with Crippen LogP contribution in [-0.2, 0) is 0 Å². The molecule has 0 atom stereocenters. The summed E-state index contributed by atoms with van der Waals surface area (Å²) in [5, 5.41) is 6.52. The van der Waals surface area contributed by atoms with E-state index in [9.17, 15) is 0 Å². The van der Waals surface area contributed by atoms with E-state index in [0.29, 0.717) is 29.0 Å². The summed E-state index contributed by atoms with van der Waals surface area (Å²) in [6.45, 7) is 4.14. The molecule has 3 rings (SSSR count). The van der Waals surface area contributed by atoms with E-state index in [1.54, 1.807) is 33.6 Å². The zero-order valence-corrected chi connectivity index (χ0v) is 16.7. The summed E-state index contributed by atoms with van der Waals surface area (Å²) in [5.41, 5.74) is 4.10. The minimum Gasteiger partial charge on any atom is -0.493 e. The van der Waals surface area contributed by atoms with Crippen molar-refractivity contribution in [1.29, 1.82) is 0 Å². The molecule has 1 aromatic heterocycles. The highest BCUT2D eigenvalue weighted by molar-refractivity contribution is 5.67. The molecule has 1 heterocycles. The Hall–Kier alpha value is -3.48. The van der Waals surface area contributed by atoms with Crippen LogP contribution in [-0.4, -0.2) is 31.3 Å². The largest absolute Gasteiger partial charge is 0.493 e. The number of nitrogens with one attached hydrogen (secondary N) is 2. The van der Waals surface area contributed by atoms with E-state index in [2.05, 4.69) is 40.5 Å². The van der Waals surface area contributed by atoms with Crippen molar-refractivity contribution in [1.82, 2.24) is 9.97 Å². The van der Waals surface area contributed by atoms with Crippen molar-refractivity contribution in [2.24, 2.45) is 0 Å². The van der Waals surface area contributed by atoms with Crippen molar-refractivity contribution in [3.8, 4) is 17.2 Å². The van der Waals surface area contributed by atoms with Crippen LogP contribution in [0.15, 0.2) is 42.6 Å². The van der Waals surface area contributed by atoms with Crippen molar-refractivity contribution in [3.05, 3.63) is 53.7 Å². The molecule has 146 valence electrons. The third-order valence-electron chi connectivity index (χ3n) is 4.44. The van der Waals surface area contributed by atoms with Crippen molar-refractivity contribution in [2.75, 3.05) is 32.0 Å². The van der Waals surface area contributed by atoms with Gasteiger partial charge in [0.05, 0.1) is 21.3 Å². The molecule has 0 aliphatic rings. The lowest BCUT2D eigenvalue weighted by atomic mass is 10.1. The number of methoxy groups -OCH3 is 3. The highest BCUT2D eigenvalue weighted by Crippen LogP contribution is 2.40. The Bertz CT molecular complexity index is 951. The van der Waals surface area contributed by atoms with Gasteiger partial charge in [0, 0.05) is 29.7 Å². The molecule has 0 bridgehead atoms. The number of rotatable bonds is 7. The summed E-state index contributed by atoms with van der Waals surface area (Å²) in [4.78, 5) is 8.85. The van der Waals surface area contributed by atoms with Gasteiger partial charge >= 0.3 is 0 Å². The molecule has 0 fully saturated rings. The summed E-state index contributed by atoms with van der Waals surface area (Å²) >= 11 is 0. The lowest BCUT2D eigenvalue weighted by molar-refractivity contribution is 0.324. The second-order valence-electron chi connectivity index (χ2n) is 6.18. The van der Waals surface area contributed by atoms with Gasteiger partial charge in [0.2, 0.25) is 11.7 Å². The SMILES string of the molecule is COc1cc(Nc2ccnc(Nc3cccc(C)c3C)n2)cc(OC)c1OC. The fourth-order valence-electron chi connectivity index (χ4n) is 2.80. The first-order valence-corrected chi connectivity index (χ1v) is 8.79. The quantitative estimate of drug-likeness (QED) is 0.620. The van der Waals surface area contributed by atoms with Crippen LogP contribution < -0.4 is 24.8 Å². The zero-order valence-electron chi connectivity index (χ0n) is 16.7. The van der Waals surface area contributed by atoms with E-state index in [1.165, 1.54) is 5.56 Å². The van der Waals surface area contributed by atoms with Gasteiger partial charge in [-0.3, -0.25) is 0 Å². The average molecular weight is 380 g/mol. The molecule has 2 aromatic carbocycles. The van der Waals surface area contributed by atoms with Crippen LogP contribution >= 0.6 is 0 Å². The van der Waals surface area contributed by atoms with Crippen molar-refractivity contribution in [3.63, 3.8) is 0 Å². The molecule has 7 nitrogen and oxygen atoms in total. The normalized spacial score (nSPS) is 10.3. The van der Waals surface area contributed by atoms with Gasteiger partial charge in [0.1, 0.15) is 5.82 Å². The number of nitrogens with zero attached hydrogens (tertiary/aromatic N) is 2. The first-order valence-electron chi connectivity index (χ1n) is 8.79. The Morgan fingerprint density at radius 2 is 1.57 bits per heavy atom. The van der Waals surface area contributed by atoms with Gasteiger partial charge in [-0.15, -0.1) is 0 Å². The van der Waals surface area contributed by atoms with Crippen molar-refractivity contribution in [2.45, 2.75) is 13.8 Å². The summed E-state index contributed by atoms with van der Waals surface area (Å²) < 4.78 is 16.1. The van der Waals surface area contributed by atoms with Crippen molar-refractivity contribution < 1.29 is 14.2 Å². The topological polar surface area (TPSA) is 77.5 Å². The maximum Gasteiger partial charge on any atom is 0.229 e. The molecule has 0 unspecified atom stereocenters. The number of anilines is 4. The highest BCUT2D eigenvalue weighted by Gasteiger charge is 2.13. The minimum atomic E-state index is 0.506. The predicted octanol–water partition coefficient (Wildman–Crippen LogP) is 4.61. The highest BCUT2D eigenvalue weighted by atomic mass is 16.5. The average Bonchev–Trinajstić information content (AvgIpc) is 2.71. The van der Waals surface area contributed by atoms with Gasteiger partial charge in [0.15, 0.2) is 11.5 Å². The molecule has 0 aliphatic carbocycles. The van der Waals surface area contributed by atoms with Crippen LogP contribution in [0.4, 0.5) is 23.1 Å². The minimum absolute atomic E-state index is 0.506. The first-order chi connectivity index (χ1) is 13.5. The van der Waals surface area contributed by atoms with Gasteiger partial charge in [-0.25, -0.2) is 4.98 Å². The zero-order chi connectivity index (χ0) is 20.1. The third kappa shape index (κ3) is 4.09. The molecule has 7 heteroatoms. The molecule has 0 spiro atoms. The maximum atomic E-state index is 5.39. The summed E-state index contributed by atoms with van der Waals surface area (Å²) in [6, 6.07) is 11.5. The van der Waals surface area contributed by atoms with Crippen LogP contribution in [0.1, 0.15) is 11.1 Å². The molecule has 28 heavy (non-hydrogen) atoms. The van der Waals surface area contributed by atoms with Crippen LogP contribution in [0.2, 0.25) is 0 Å². The van der Waals surface area contributed by atoms with E-state index in [4.69, 9.17) is 14.2 Å². The van der Waals surface area contributed by atoms with E-state index in [0.717, 1.165) is 16.9 Å². The Morgan fingerprint density at radius 1 is 0.857 bits per heavy atom. The first kappa shape index (κ1) is 19.3. The van der Waals surface area contributed by atoms with E-state index >= 15 is 0 Å². The molecule has 0 saturated carbocycles. The lowest BCUT2D eigenvalue weighted by Gasteiger charge is -2.15. The second-order valence-corrected chi connectivity index (χ2v) is 6.18. The Labute approximate surface area is 164 Å². The molecule has 3 aromatic rings. The molecule has 0 radical (unpaired) electrons. The van der Waals surface area contributed by atoms with Crippen molar-refractivity contribution >= 4 is 23.1 Å². The molecule has 0 amide bonds. The van der Waals surface area contributed by atoms with E-state index in [1.807, 2.05) is 24.3 Å². The fourth-order valence-corrected chi connectivity index (χ4v) is 2.80. The molecule has 2 N–H and O–H groups in total. The number of benzene rings is 2. The standard InChI is InChI=1S/C21H24N4O3/c1-13-7-6-8-16(14(13)2)24-21-22-10-9-19(25-21)23-15-11-17(26-3)20(28-5)18(12-15)27-4/h6-12H,1-5H3,(H2,22,23,24,25). The Balaban J connectivity index is 1.86. The monoisotopic (exact) mass is 380 g/mol. The molecule has 0 aliphatic heterocycles. The number of hydrogen-bond donors (Lipinski definition) is 2. The number of hydrogen-bond acceptors (Lipinski definition) is 7. The summed E-state index contributed by atoms with van der Waals surface area (Å²) in [6.07, 6.45) is 1.70. The smallest absolute Gasteiger partial charge is 0.229 e. The number of ether oxygens (including phenoxy) is 3. The Morgan fingerprint density at radius 3 is 2.21 bits per heavy atom. The Kier molecular flexibility index (Phi) is 5.84. The predicted molar refractivity (Wildman–Crippen MR) is 111 cm³/mol. The number of aromatic nitrogens is 2. The number of aryl methyl sites for hydroxylation is 1. The van der Waals surface area contributed by atoms with E-state index in [-0.39, 0.29) is 0 Å². The van der Waals surface area contributed by atoms with Crippen LogP contribution in [0, 0.1) is 13.8 Å². The molecular formula is C21H24N4O3. The van der Waals surface area contributed by atoms with Crippen LogP contribution in [0.3, 0.4) is 0 Å². The van der Waals surface area contributed by atoms with Gasteiger partial charge in [-0.1, -0.05) is 12.1 Å². The van der Waals surface area contributed by atoms with Gasteiger partial charge < -0.3 is 24.8 Å². The third-order valence-corrected chi connectivity index (χ3v) is 4.44. The molecular weight excluding hydrogens is 356 g/mol. The summed E-state index contributed by atoms with van der Waals surface area (Å²) in [5.74, 6) is 2.80. The molecule has 0 saturated heterocycles. The van der Waals surface area contributed by atoms with Gasteiger partial charge in [-0.2, -0.15) is 4.98 Å². The van der Waals surface area contributed by atoms with E-state index < -0.39 is 0 Å². The summed E-state index contributed by atoms with van der Waals surface area (Å²) in [7, 11) is 4.74. The van der Waals surface area contributed by atoms with Crippen LogP contribution in [0.5, 0.6) is 17.2 Å². The van der Waals surface area contributed by atoms with Crippen LogP contribution in [0.25, 0.3) is 0 Å². The van der Waals surface area contributed by atoms with Gasteiger partial charge in [-0.05, 0) is 37.1 Å². The fraction of sp³-hybridized carbons (Fsp3) is 0.238. The van der Waals surface area contributed by atoms with Gasteiger partial charge in [0.25, 0.3) is 0 Å². The maximum absolute atomic E-state index is 5.39. The second kappa shape index (κ2) is 8.47. The lowest BCUT2D eigenvalue weighted by Crippen LogP contribution is -2.02.